The monoisotopic (exact) mass is 278 g/mol. The Kier molecular flexibility index (Phi) is 6.73. The molecule has 1 atom stereocenters. The number of nitrogens with one attached hydrogen (secondary N) is 1. The Balaban J connectivity index is 2.79. The average molecular weight is 278 g/mol. The van der Waals surface area contributed by atoms with E-state index in [9.17, 15) is 9.59 Å². The van der Waals surface area contributed by atoms with Crippen LogP contribution >= 0.6 is 0 Å². The van der Waals surface area contributed by atoms with Crippen molar-refractivity contribution < 1.29 is 14.3 Å². The minimum absolute atomic E-state index is 0.0415. The Morgan fingerprint density at radius 2 is 1.80 bits per heavy atom. The van der Waals surface area contributed by atoms with Crippen molar-refractivity contribution >= 4 is 11.9 Å². The summed E-state index contributed by atoms with van der Waals surface area (Å²) in [5, 5.41) is 2.63. The van der Waals surface area contributed by atoms with Crippen LogP contribution in [0.15, 0.2) is 30.3 Å². The SMILES string of the molecule is CCN(CC)C(CNC(=O)C(=O)OC)c1ccccc1. The van der Waals surface area contributed by atoms with Gasteiger partial charge in [0.1, 0.15) is 0 Å². The van der Waals surface area contributed by atoms with Crippen LogP contribution in [0.25, 0.3) is 0 Å². The van der Waals surface area contributed by atoms with Gasteiger partial charge in [-0.3, -0.25) is 9.69 Å². The molecule has 0 saturated carbocycles. The Morgan fingerprint density at radius 3 is 2.30 bits per heavy atom. The number of methoxy groups -OCH3 is 1. The first-order valence-electron chi connectivity index (χ1n) is 6.79. The molecule has 5 heteroatoms. The Morgan fingerprint density at radius 1 is 1.20 bits per heavy atom. The highest BCUT2D eigenvalue weighted by atomic mass is 16.5. The molecule has 0 spiro atoms. The van der Waals surface area contributed by atoms with Gasteiger partial charge in [-0.25, -0.2) is 4.79 Å². The number of amides is 1. The predicted octanol–water partition coefficient (Wildman–Crippen LogP) is 1.36. The second kappa shape index (κ2) is 8.32. The van der Waals surface area contributed by atoms with E-state index < -0.39 is 11.9 Å². The number of rotatable bonds is 6. The molecule has 1 aromatic carbocycles. The summed E-state index contributed by atoms with van der Waals surface area (Å²) in [6, 6.07) is 9.97. The third kappa shape index (κ3) is 4.35. The molecule has 0 aromatic heterocycles. The molecule has 110 valence electrons. The molecular formula is C15H22N2O3. The van der Waals surface area contributed by atoms with Gasteiger partial charge in [-0.2, -0.15) is 0 Å². The molecule has 1 rings (SSSR count). The summed E-state index contributed by atoms with van der Waals surface area (Å²) in [6.07, 6.45) is 0. The lowest BCUT2D eigenvalue weighted by Crippen LogP contribution is -2.40. The van der Waals surface area contributed by atoms with Crippen molar-refractivity contribution in [1.82, 2.24) is 10.2 Å². The van der Waals surface area contributed by atoms with Crippen LogP contribution in [0.5, 0.6) is 0 Å². The standard InChI is InChI=1S/C15H22N2O3/c1-4-17(5-2)13(12-9-7-6-8-10-12)11-16-14(18)15(19)20-3/h6-10,13H,4-5,11H2,1-3H3,(H,16,18). The number of benzene rings is 1. The van der Waals surface area contributed by atoms with Gasteiger partial charge >= 0.3 is 11.9 Å². The molecular weight excluding hydrogens is 256 g/mol. The lowest BCUT2D eigenvalue weighted by Gasteiger charge is -2.30. The lowest BCUT2D eigenvalue weighted by molar-refractivity contribution is -0.152. The third-order valence-corrected chi connectivity index (χ3v) is 3.26. The number of carbonyl (C=O) groups is 2. The molecule has 0 saturated heterocycles. The van der Waals surface area contributed by atoms with Crippen molar-refractivity contribution in [2.45, 2.75) is 19.9 Å². The number of hydrogen-bond donors (Lipinski definition) is 1. The minimum atomic E-state index is -0.864. The highest BCUT2D eigenvalue weighted by Gasteiger charge is 2.21. The van der Waals surface area contributed by atoms with E-state index in [1.807, 2.05) is 30.3 Å². The number of ether oxygens (including phenoxy) is 1. The van der Waals surface area contributed by atoms with Crippen LogP contribution in [-0.4, -0.2) is 43.5 Å². The maximum absolute atomic E-state index is 11.5. The van der Waals surface area contributed by atoms with Gasteiger partial charge < -0.3 is 10.1 Å². The summed E-state index contributed by atoms with van der Waals surface area (Å²) in [5.74, 6) is -1.57. The van der Waals surface area contributed by atoms with Gasteiger partial charge in [0.2, 0.25) is 0 Å². The van der Waals surface area contributed by atoms with Gasteiger partial charge in [-0.05, 0) is 18.7 Å². The van der Waals surface area contributed by atoms with Gasteiger partial charge in [0.15, 0.2) is 0 Å². The quantitative estimate of drug-likeness (QED) is 0.630. The second-order valence-corrected chi connectivity index (χ2v) is 4.35. The van der Waals surface area contributed by atoms with E-state index in [2.05, 4.69) is 28.8 Å². The van der Waals surface area contributed by atoms with Crippen molar-refractivity contribution in [3.8, 4) is 0 Å². The van der Waals surface area contributed by atoms with E-state index in [0.29, 0.717) is 6.54 Å². The van der Waals surface area contributed by atoms with E-state index in [1.165, 1.54) is 7.11 Å². The van der Waals surface area contributed by atoms with Crippen molar-refractivity contribution in [3.05, 3.63) is 35.9 Å². The first-order valence-corrected chi connectivity index (χ1v) is 6.79. The van der Waals surface area contributed by atoms with Crippen LogP contribution in [0.1, 0.15) is 25.5 Å². The topological polar surface area (TPSA) is 58.6 Å². The van der Waals surface area contributed by atoms with Gasteiger partial charge in [-0.15, -0.1) is 0 Å². The van der Waals surface area contributed by atoms with E-state index in [-0.39, 0.29) is 6.04 Å². The largest absolute Gasteiger partial charge is 0.462 e. The molecule has 1 N–H and O–H groups in total. The number of nitrogens with zero attached hydrogens (tertiary/aromatic N) is 1. The highest BCUT2D eigenvalue weighted by Crippen LogP contribution is 2.19. The van der Waals surface area contributed by atoms with Crippen molar-refractivity contribution in [2.24, 2.45) is 0 Å². The fraction of sp³-hybridized carbons (Fsp3) is 0.467. The van der Waals surface area contributed by atoms with Gasteiger partial charge in [0.05, 0.1) is 13.2 Å². The molecule has 0 aliphatic rings. The van der Waals surface area contributed by atoms with Crippen molar-refractivity contribution in [3.63, 3.8) is 0 Å². The molecule has 0 radical (unpaired) electrons. The zero-order valence-corrected chi connectivity index (χ0v) is 12.3. The van der Waals surface area contributed by atoms with Crippen LogP contribution in [-0.2, 0) is 14.3 Å². The van der Waals surface area contributed by atoms with Crippen molar-refractivity contribution in [1.29, 1.82) is 0 Å². The fourth-order valence-electron chi connectivity index (χ4n) is 2.15. The molecule has 5 nitrogen and oxygen atoms in total. The molecule has 20 heavy (non-hydrogen) atoms. The molecule has 1 unspecified atom stereocenters. The zero-order chi connectivity index (χ0) is 15.0. The molecule has 0 heterocycles. The van der Waals surface area contributed by atoms with Gasteiger partial charge in [-0.1, -0.05) is 44.2 Å². The first kappa shape index (κ1) is 16.2. The molecule has 1 amide bonds. The van der Waals surface area contributed by atoms with Gasteiger partial charge in [0, 0.05) is 6.54 Å². The number of esters is 1. The summed E-state index contributed by atoms with van der Waals surface area (Å²) in [4.78, 5) is 24.9. The normalized spacial score (nSPS) is 12.0. The summed E-state index contributed by atoms with van der Waals surface area (Å²) in [5.41, 5.74) is 1.11. The Hall–Kier alpha value is -1.88. The van der Waals surface area contributed by atoms with Crippen LogP contribution < -0.4 is 5.32 Å². The fourth-order valence-corrected chi connectivity index (χ4v) is 2.15. The molecule has 0 bridgehead atoms. The zero-order valence-electron chi connectivity index (χ0n) is 12.3. The average Bonchev–Trinajstić information content (AvgIpc) is 2.51. The van der Waals surface area contributed by atoms with Gasteiger partial charge in [0.25, 0.3) is 0 Å². The molecule has 0 aliphatic heterocycles. The van der Waals surface area contributed by atoms with Crippen LogP contribution in [0.3, 0.4) is 0 Å². The Bertz CT molecular complexity index is 430. The van der Waals surface area contributed by atoms with E-state index in [1.54, 1.807) is 0 Å². The van der Waals surface area contributed by atoms with Crippen LogP contribution in [0.4, 0.5) is 0 Å². The summed E-state index contributed by atoms with van der Waals surface area (Å²) in [6.45, 7) is 6.25. The number of likely N-dealkylation sites (N-methyl/N-ethyl adjacent to an activating group) is 1. The van der Waals surface area contributed by atoms with Crippen molar-refractivity contribution in [2.75, 3.05) is 26.7 Å². The van der Waals surface area contributed by atoms with E-state index >= 15 is 0 Å². The second-order valence-electron chi connectivity index (χ2n) is 4.35. The molecule has 0 fully saturated rings. The summed E-state index contributed by atoms with van der Waals surface area (Å²) in [7, 11) is 1.20. The van der Waals surface area contributed by atoms with E-state index in [0.717, 1.165) is 18.7 Å². The van der Waals surface area contributed by atoms with Crippen LogP contribution in [0.2, 0.25) is 0 Å². The predicted molar refractivity (Wildman–Crippen MR) is 77.1 cm³/mol. The highest BCUT2D eigenvalue weighted by molar-refractivity contribution is 6.32. The third-order valence-electron chi connectivity index (χ3n) is 3.26. The number of carbonyl (C=O) groups excluding carboxylic acids is 2. The summed E-state index contributed by atoms with van der Waals surface area (Å²) >= 11 is 0. The molecule has 1 aromatic rings. The smallest absolute Gasteiger partial charge is 0.396 e. The number of hydrogen-bond acceptors (Lipinski definition) is 4. The van der Waals surface area contributed by atoms with E-state index in [4.69, 9.17) is 0 Å². The lowest BCUT2D eigenvalue weighted by atomic mass is 10.1. The maximum atomic E-state index is 11.5. The minimum Gasteiger partial charge on any atom is -0.462 e. The maximum Gasteiger partial charge on any atom is 0.396 e. The molecule has 0 aliphatic carbocycles. The summed E-state index contributed by atoms with van der Waals surface area (Å²) < 4.78 is 4.40. The van der Waals surface area contributed by atoms with Crippen LogP contribution in [0, 0.1) is 0 Å². The Labute approximate surface area is 119 Å². The first-order chi connectivity index (χ1) is 9.63.